The number of rotatable bonds is 6. The van der Waals surface area contributed by atoms with Crippen LogP contribution in [0.1, 0.15) is 55.7 Å². The third-order valence-corrected chi connectivity index (χ3v) is 7.01. The zero-order chi connectivity index (χ0) is 23.3. The molecule has 0 bridgehead atoms. The third-order valence-electron chi connectivity index (χ3n) is 7.01. The molecular formula is C31H32N2O. The number of amides is 1. The van der Waals surface area contributed by atoms with Crippen molar-refractivity contribution in [2.24, 2.45) is 10.9 Å². The van der Waals surface area contributed by atoms with E-state index in [4.69, 9.17) is 0 Å². The van der Waals surface area contributed by atoms with Crippen molar-refractivity contribution < 1.29 is 4.79 Å². The summed E-state index contributed by atoms with van der Waals surface area (Å²) in [6.45, 7) is 2.61. The molecule has 1 saturated carbocycles. The predicted octanol–water partition coefficient (Wildman–Crippen LogP) is 7.76. The van der Waals surface area contributed by atoms with E-state index in [9.17, 15) is 4.79 Å². The van der Waals surface area contributed by atoms with Gasteiger partial charge in [-0.3, -0.25) is 9.79 Å². The molecule has 1 fully saturated rings. The maximum absolute atomic E-state index is 13.7. The minimum atomic E-state index is 0.132. The highest BCUT2D eigenvalue weighted by atomic mass is 16.2. The first kappa shape index (κ1) is 22.3. The molecule has 3 aromatic rings. The second kappa shape index (κ2) is 10.2. The second-order valence-electron chi connectivity index (χ2n) is 9.41. The van der Waals surface area contributed by atoms with Gasteiger partial charge in [-0.05, 0) is 71.8 Å². The molecule has 1 heterocycles. The molecule has 0 aromatic heterocycles. The Morgan fingerprint density at radius 2 is 1.76 bits per heavy atom. The second-order valence-corrected chi connectivity index (χ2v) is 9.41. The average Bonchev–Trinajstić information content (AvgIpc) is 3.36. The SMILES string of the molecule is CC=Cc1cccc(N(Cc2ccc(-c3ccc4c(c3)CC=N4)cc2)C(=O)C2CCCCC2)c1. The van der Waals surface area contributed by atoms with E-state index < -0.39 is 0 Å². The highest BCUT2D eigenvalue weighted by molar-refractivity contribution is 5.95. The maximum atomic E-state index is 13.7. The average molecular weight is 449 g/mol. The summed E-state index contributed by atoms with van der Waals surface area (Å²) < 4.78 is 0. The summed E-state index contributed by atoms with van der Waals surface area (Å²) in [5, 5.41) is 0. The van der Waals surface area contributed by atoms with Gasteiger partial charge in [-0.1, -0.05) is 73.9 Å². The fourth-order valence-corrected chi connectivity index (χ4v) is 5.14. The van der Waals surface area contributed by atoms with Gasteiger partial charge in [-0.2, -0.15) is 0 Å². The number of nitrogens with zero attached hydrogens (tertiary/aromatic N) is 2. The van der Waals surface area contributed by atoms with Crippen LogP contribution in [0.4, 0.5) is 11.4 Å². The van der Waals surface area contributed by atoms with Crippen LogP contribution >= 0.6 is 0 Å². The molecule has 2 aliphatic rings. The number of allylic oxidation sites excluding steroid dienone is 1. The minimum absolute atomic E-state index is 0.132. The highest BCUT2D eigenvalue weighted by Crippen LogP contribution is 2.32. The number of benzene rings is 3. The van der Waals surface area contributed by atoms with Gasteiger partial charge in [0.1, 0.15) is 0 Å². The lowest BCUT2D eigenvalue weighted by Gasteiger charge is -2.30. The number of hydrogen-bond acceptors (Lipinski definition) is 2. The quantitative estimate of drug-likeness (QED) is 0.379. The van der Waals surface area contributed by atoms with Crippen molar-refractivity contribution in [3.05, 3.63) is 89.5 Å². The fraction of sp³-hybridized carbons (Fsp3) is 0.290. The monoisotopic (exact) mass is 448 g/mol. The number of fused-ring (bicyclic) bond motifs is 1. The molecule has 3 aromatic carbocycles. The van der Waals surface area contributed by atoms with Crippen LogP contribution < -0.4 is 4.90 Å². The largest absolute Gasteiger partial charge is 0.308 e. The topological polar surface area (TPSA) is 32.7 Å². The van der Waals surface area contributed by atoms with E-state index in [-0.39, 0.29) is 11.8 Å². The van der Waals surface area contributed by atoms with E-state index in [1.807, 2.05) is 30.2 Å². The minimum Gasteiger partial charge on any atom is -0.308 e. The molecule has 0 N–H and O–H groups in total. The Balaban J connectivity index is 1.40. The molecule has 1 amide bonds. The molecule has 0 radical (unpaired) electrons. The molecule has 34 heavy (non-hydrogen) atoms. The van der Waals surface area contributed by atoms with Gasteiger partial charge in [0.25, 0.3) is 0 Å². The molecule has 1 aliphatic heterocycles. The maximum Gasteiger partial charge on any atom is 0.230 e. The highest BCUT2D eigenvalue weighted by Gasteiger charge is 2.27. The fourth-order valence-electron chi connectivity index (χ4n) is 5.14. The van der Waals surface area contributed by atoms with Gasteiger partial charge < -0.3 is 4.90 Å². The third kappa shape index (κ3) is 4.89. The van der Waals surface area contributed by atoms with Crippen LogP contribution in [0.15, 0.2) is 77.8 Å². The van der Waals surface area contributed by atoms with Crippen LogP contribution in [0.25, 0.3) is 17.2 Å². The van der Waals surface area contributed by atoms with Crippen molar-refractivity contribution in [1.29, 1.82) is 0 Å². The smallest absolute Gasteiger partial charge is 0.230 e. The molecule has 0 atom stereocenters. The van der Waals surface area contributed by atoms with Crippen molar-refractivity contribution >= 4 is 29.6 Å². The van der Waals surface area contributed by atoms with E-state index in [1.54, 1.807) is 0 Å². The first-order valence-corrected chi connectivity index (χ1v) is 12.5. The van der Waals surface area contributed by atoms with Crippen LogP contribution in [0.3, 0.4) is 0 Å². The van der Waals surface area contributed by atoms with Gasteiger partial charge in [-0.25, -0.2) is 0 Å². The van der Waals surface area contributed by atoms with Crippen molar-refractivity contribution in [3.63, 3.8) is 0 Å². The molecule has 3 heteroatoms. The normalized spacial score (nSPS) is 15.6. The Kier molecular flexibility index (Phi) is 6.71. The van der Waals surface area contributed by atoms with Crippen molar-refractivity contribution in [3.8, 4) is 11.1 Å². The molecule has 0 unspecified atom stereocenters. The Labute approximate surface area is 202 Å². The van der Waals surface area contributed by atoms with E-state index in [0.717, 1.165) is 54.6 Å². The van der Waals surface area contributed by atoms with E-state index in [1.165, 1.54) is 23.1 Å². The number of aliphatic imine (C=N–C) groups is 1. The van der Waals surface area contributed by atoms with Crippen molar-refractivity contribution in [2.45, 2.75) is 52.0 Å². The summed E-state index contributed by atoms with van der Waals surface area (Å²) >= 11 is 0. The number of carbonyl (C=O) groups excluding carboxylic acids is 1. The van der Waals surface area contributed by atoms with Crippen LogP contribution in [0.5, 0.6) is 0 Å². The lowest BCUT2D eigenvalue weighted by molar-refractivity contribution is -0.123. The molecule has 0 spiro atoms. The van der Waals surface area contributed by atoms with Crippen LogP contribution in [-0.2, 0) is 17.8 Å². The lowest BCUT2D eigenvalue weighted by atomic mass is 9.88. The van der Waals surface area contributed by atoms with Crippen molar-refractivity contribution in [1.82, 2.24) is 0 Å². The first-order chi connectivity index (χ1) is 16.7. The Hall–Kier alpha value is -3.46. The van der Waals surface area contributed by atoms with E-state index in [0.29, 0.717) is 6.54 Å². The molecule has 172 valence electrons. The predicted molar refractivity (Wildman–Crippen MR) is 143 cm³/mol. The van der Waals surface area contributed by atoms with E-state index >= 15 is 0 Å². The van der Waals surface area contributed by atoms with Gasteiger partial charge in [-0.15, -0.1) is 0 Å². The van der Waals surface area contributed by atoms with Crippen LogP contribution in [0, 0.1) is 5.92 Å². The summed E-state index contributed by atoms with van der Waals surface area (Å²) in [6.07, 6.45) is 12.6. The van der Waals surface area contributed by atoms with E-state index in [2.05, 4.69) is 71.7 Å². The number of hydrogen-bond donors (Lipinski definition) is 0. The number of carbonyl (C=O) groups is 1. The summed E-state index contributed by atoms with van der Waals surface area (Å²) in [7, 11) is 0. The lowest BCUT2D eigenvalue weighted by Crippen LogP contribution is -2.36. The van der Waals surface area contributed by atoms with Gasteiger partial charge in [0.15, 0.2) is 0 Å². The molecule has 1 aliphatic carbocycles. The summed E-state index contributed by atoms with van der Waals surface area (Å²) in [6, 6.07) is 23.5. The van der Waals surface area contributed by atoms with Gasteiger partial charge in [0, 0.05) is 24.2 Å². The zero-order valence-corrected chi connectivity index (χ0v) is 19.9. The zero-order valence-electron chi connectivity index (χ0n) is 19.9. The molecule has 3 nitrogen and oxygen atoms in total. The Bertz CT molecular complexity index is 1220. The van der Waals surface area contributed by atoms with Crippen LogP contribution in [0.2, 0.25) is 0 Å². The first-order valence-electron chi connectivity index (χ1n) is 12.5. The summed E-state index contributed by atoms with van der Waals surface area (Å²) in [5.41, 5.74) is 8.02. The molecule has 5 rings (SSSR count). The summed E-state index contributed by atoms with van der Waals surface area (Å²) in [5.74, 6) is 0.395. The molecule has 0 saturated heterocycles. The number of anilines is 1. The van der Waals surface area contributed by atoms with Gasteiger partial charge in [0.05, 0.1) is 12.2 Å². The Morgan fingerprint density at radius 3 is 2.56 bits per heavy atom. The van der Waals surface area contributed by atoms with Gasteiger partial charge >= 0.3 is 0 Å². The van der Waals surface area contributed by atoms with Crippen molar-refractivity contribution in [2.75, 3.05) is 4.90 Å². The van der Waals surface area contributed by atoms with Crippen LogP contribution in [-0.4, -0.2) is 12.1 Å². The van der Waals surface area contributed by atoms with Gasteiger partial charge in [0.2, 0.25) is 5.91 Å². The summed E-state index contributed by atoms with van der Waals surface area (Å²) in [4.78, 5) is 20.1. The molecular weight excluding hydrogens is 416 g/mol. The Morgan fingerprint density at radius 1 is 0.971 bits per heavy atom. The standard InChI is InChI=1S/C31H32N2O/c1-2-7-23-8-6-11-29(20-23)33(31(34)26-9-4-3-5-10-26)22-24-12-14-25(15-13-24)27-16-17-30-28(21-27)18-19-32-30/h2,6-8,11-17,19-21,26H,3-5,9-10,18,22H2,1H3.